The second-order valence-electron chi connectivity index (χ2n) is 6.11. The van der Waals surface area contributed by atoms with Crippen molar-refractivity contribution < 1.29 is 16.8 Å². The van der Waals surface area contributed by atoms with Crippen molar-refractivity contribution in [3.8, 4) is 0 Å². The van der Waals surface area contributed by atoms with E-state index in [4.69, 9.17) is 0 Å². The van der Waals surface area contributed by atoms with Crippen LogP contribution >= 0.6 is 0 Å². The van der Waals surface area contributed by atoms with Gasteiger partial charge in [-0.3, -0.25) is 0 Å². The lowest BCUT2D eigenvalue weighted by molar-refractivity contribution is 0.466. The Labute approximate surface area is 148 Å². The first-order valence-electron chi connectivity index (χ1n) is 7.92. The molecule has 1 fully saturated rings. The molecule has 0 aliphatic heterocycles. The molecule has 0 bridgehead atoms. The molecule has 0 radical (unpaired) electrons. The molecule has 1 N–H and O–H groups in total. The van der Waals surface area contributed by atoms with Crippen molar-refractivity contribution in [3.05, 3.63) is 60.2 Å². The fourth-order valence-electron chi connectivity index (χ4n) is 2.38. The molecule has 25 heavy (non-hydrogen) atoms. The van der Waals surface area contributed by atoms with Crippen molar-refractivity contribution >= 4 is 20.0 Å². The molecule has 2 aromatic rings. The highest BCUT2D eigenvalue weighted by Crippen LogP contribution is 2.23. The standard InChI is InChI=1S/C17H20N2O4S2/c1-19(13-14-5-3-2-4-6-14)25(22,23)17-11-9-16(10-12-17)24(20,21)18-15-7-8-15/h2-6,9-12,15,18H,7-8,13H2,1H3. The molecule has 8 heteroatoms. The summed E-state index contributed by atoms with van der Waals surface area (Å²) in [5.74, 6) is 0. The largest absolute Gasteiger partial charge is 0.243 e. The van der Waals surface area contributed by atoms with Crippen LogP contribution in [0.3, 0.4) is 0 Å². The molecular formula is C17H20N2O4S2. The fourth-order valence-corrected chi connectivity index (χ4v) is 4.85. The zero-order chi connectivity index (χ0) is 18.1. The highest BCUT2D eigenvalue weighted by Gasteiger charge is 2.28. The maximum Gasteiger partial charge on any atom is 0.243 e. The van der Waals surface area contributed by atoms with Gasteiger partial charge in [0.2, 0.25) is 20.0 Å². The Balaban J connectivity index is 1.78. The first-order chi connectivity index (χ1) is 11.8. The molecule has 0 amide bonds. The Morgan fingerprint density at radius 3 is 2.04 bits per heavy atom. The van der Waals surface area contributed by atoms with Gasteiger partial charge in [-0.25, -0.2) is 21.6 Å². The van der Waals surface area contributed by atoms with Gasteiger partial charge in [0.1, 0.15) is 0 Å². The Bertz CT molecular complexity index is 936. The number of benzene rings is 2. The van der Waals surface area contributed by atoms with Gasteiger partial charge >= 0.3 is 0 Å². The molecule has 1 aliphatic rings. The molecule has 0 heterocycles. The number of rotatable bonds is 7. The highest BCUT2D eigenvalue weighted by molar-refractivity contribution is 7.89. The lowest BCUT2D eigenvalue weighted by Gasteiger charge is -2.17. The van der Waals surface area contributed by atoms with Crippen LogP contribution in [-0.4, -0.2) is 34.2 Å². The van der Waals surface area contributed by atoms with Gasteiger partial charge in [0.15, 0.2) is 0 Å². The maximum absolute atomic E-state index is 12.6. The van der Waals surface area contributed by atoms with Crippen molar-refractivity contribution in [2.45, 2.75) is 35.2 Å². The topological polar surface area (TPSA) is 83.6 Å². The second kappa shape index (κ2) is 6.87. The summed E-state index contributed by atoms with van der Waals surface area (Å²) in [5, 5.41) is 0. The van der Waals surface area contributed by atoms with Gasteiger partial charge < -0.3 is 0 Å². The van der Waals surface area contributed by atoms with Crippen molar-refractivity contribution in [3.63, 3.8) is 0 Å². The zero-order valence-electron chi connectivity index (χ0n) is 13.8. The third kappa shape index (κ3) is 4.27. The number of nitrogens with one attached hydrogen (secondary N) is 1. The van der Waals surface area contributed by atoms with Crippen molar-refractivity contribution in [2.75, 3.05) is 7.05 Å². The highest BCUT2D eigenvalue weighted by atomic mass is 32.2. The molecule has 0 spiro atoms. The number of nitrogens with zero attached hydrogens (tertiary/aromatic N) is 1. The minimum absolute atomic E-state index is 0.00501. The Kier molecular flexibility index (Phi) is 4.97. The summed E-state index contributed by atoms with van der Waals surface area (Å²) in [6, 6.07) is 14.6. The molecule has 0 aromatic heterocycles. The van der Waals surface area contributed by atoms with Crippen LogP contribution in [0.5, 0.6) is 0 Å². The summed E-state index contributed by atoms with van der Waals surface area (Å²) in [6.45, 7) is 0.243. The van der Waals surface area contributed by atoms with Crippen LogP contribution in [0.25, 0.3) is 0 Å². The molecule has 0 atom stereocenters. The number of hydrogen-bond donors (Lipinski definition) is 1. The molecule has 134 valence electrons. The second-order valence-corrected chi connectivity index (χ2v) is 9.87. The lowest BCUT2D eigenvalue weighted by atomic mass is 10.2. The van der Waals surface area contributed by atoms with E-state index < -0.39 is 20.0 Å². The summed E-state index contributed by atoms with van der Waals surface area (Å²) in [4.78, 5) is 0.139. The van der Waals surface area contributed by atoms with Gasteiger partial charge in [0, 0.05) is 19.6 Å². The van der Waals surface area contributed by atoms with Crippen LogP contribution in [0.15, 0.2) is 64.4 Å². The zero-order valence-corrected chi connectivity index (χ0v) is 15.4. The quantitative estimate of drug-likeness (QED) is 0.796. The van der Waals surface area contributed by atoms with E-state index in [1.165, 1.54) is 35.6 Å². The Morgan fingerprint density at radius 2 is 1.48 bits per heavy atom. The SMILES string of the molecule is CN(Cc1ccccc1)S(=O)(=O)c1ccc(S(=O)(=O)NC2CC2)cc1. The molecule has 0 saturated heterocycles. The fraction of sp³-hybridized carbons (Fsp3) is 0.294. The van der Waals surface area contributed by atoms with Gasteiger partial charge in [-0.05, 0) is 42.7 Å². The summed E-state index contributed by atoms with van der Waals surface area (Å²) in [5.41, 5.74) is 0.876. The van der Waals surface area contributed by atoms with Crippen LogP contribution in [-0.2, 0) is 26.6 Å². The third-order valence-corrected chi connectivity index (χ3v) is 7.34. The molecular weight excluding hydrogens is 360 g/mol. The van der Waals surface area contributed by atoms with E-state index in [2.05, 4.69) is 4.72 Å². The summed E-state index contributed by atoms with van der Waals surface area (Å²) < 4.78 is 53.4. The summed E-state index contributed by atoms with van der Waals surface area (Å²) in [7, 11) is -5.78. The van der Waals surface area contributed by atoms with Crippen LogP contribution in [0.4, 0.5) is 0 Å². The van der Waals surface area contributed by atoms with Gasteiger partial charge in [0.05, 0.1) is 9.79 Å². The van der Waals surface area contributed by atoms with Crippen LogP contribution in [0.1, 0.15) is 18.4 Å². The van der Waals surface area contributed by atoms with E-state index >= 15 is 0 Å². The monoisotopic (exact) mass is 380 g/mol. The molecule has 6 nitrogen and oxygen atoms in total. The van der Waals surface area contributed by atoms with E-state index in [1.807, 2.05) is 30.3 Å². The predicted octanol–water partition coefficient (Wildman–Crippen LogP) is 1.95. The molecule has 1 saturated carbocycles. The normalized spacial score (nSPS) is 15.4. The molecule has 2 aromatic carbocycles. The first-order valence-corrected chi connectivity index (χ1v) is 10.8. The number of hydrogen-bond acceptors (Lipinski definition) is 4. The van der Waals surface area contributed by atoms with Crippen LogP contribution in [0.2, 0.25) is 0 Å². The molecule has 1 aliphatic carbocycles. The van der Waals surface area contributed by atoms with E-state index in [0.717, 1.165) is 18.4 Å². The number of sulfonamides is 2. The maximum atomic E-state index is 12.6. The molecule has 3 rings (SSSR count). The van der Waals surface area contributed by atoms with E-state index in [9.17, 15) is 16.8 Å². The first kappa shape index (κ1) is 18.1. The van der Waals surface area contributed by atoms with Crippen molar-refractivity contribution in [2.24, 2.45) is 0 Å². The summed E-state index contributed by atoms with van der Waals surface area (Å²) in [6.07, 6.45) is 1.69. The third-order valence-electron chi connectivity index (χ3n) is 3.99. The minimum atomic E-state index is -3.69. The van der Waals surface area contributed by atoms with E-state index in [0.29, 0.717) is 0 Å². The summed E-state index contributed by atoms with van der Waals surface area (Å²) >= 11 is 0. The Hall–Kier alpha value is -1.74. The van der Waals surface area contributed by atoms with Crippen molar-refractivity contribution in [1.29, 1.82) is 0 Å². The average molecular weight is 380 g/mol. The van der Waals surface area contributed by atoms with Gasteiger partial charge in [0.25, 0.3) is 0 Å². The Morgan fingerprint density at radius 1 is 0.920 bits per heavy atom. The predicted molar refractivity (Wildman–Crippen MR) is 94.9 cm³/mol. The average Bonchev–Trinajstić information content (AvgIpc) is 3.39. The van der Waals surface area contributed by atoms with Gasteiger partial charge in [-0.15, -0.1) is 0 Å². The van der Waals surface area contributed by atoms with Gasteiger partial charge in [-0.1, -0.05) is 30.3 Å². The van der Waals surface area contributed by atoms with Crippen LogP contribution in [0, 0.1) is 0 Å². The minimum Gasteiger partial charge on any atom is -0.208 e. The lowest BCUT2D eigenvalue weighted by Crippen LogP contribution is -2.27. The van der Waals surface area contributed by atoms with Crippen LogP contribution < -0.4 is 4.72 Å². The smallest absolute Gasteiger partial charge is 0.208 e. The van der Waals surface area contributed by atoms with Gasteiger partial charge in [-0.2, -0.15) is 4.31 Å². The van der Waals surface area contributed by atoms with Crippen molar-refractivity contribution in [1.82, 2.24) is 9.03 Å². The van der Waals surface area contributed by atoms with E-state index in [1.54, 1.807) is 0 Å². The molecule has 0 unspecified atom stereocenters. The van der Waals surface area contributed by atoms with E-state index in [-0.39, 0.29) is 22.4 Å².